The number of hydrogen-bond donors (Lipinski definition) is 2. The van der Waals surface area contributed by atoms with E-state index in [4.69, 9.17) is 17.0 Å². The highest BCUT2D eigenvalue weighted by Crippen LogP contribution is 2.32. The minimum Gasteiger partial charge on any atom is -0.489 e. The molecule has 0 aromatic heterocycles. The number of carbonyl (C=O) groups is 3. The van der Waals surface area contributed by atoms with Gasteiger partial charge in [0, 0.05) is 18.5 Å². The van der Waals surface area contributed by atoms with Gasteiger partial charge in [-0.05, 0) is 60.4 Å². The van der Waals surface area contributed by atoms with Crippen molar-refractivity contribution in [3.8, 4) is 5.75 Å². The summed E-state index contributed by atoms with van der Waals surface area (Å²) in [4.78, 5) is 39.6. The Bertz CT molecular complexity index is 1420. The Hall–Kier alpha value is -4.21. The molecule has 0 aliphatic carbocycles. The van der Waals surface area contributed by atoms with Gasteiger partial charge in [-0.15, -0.1) is 0 Å². The number of amides is 3. The van der Waals surface area contributed by atoms with E-state index in [1.54, 1.807) is 24.3 Å². The van der Waals surface area contributed by atoms with Gasteiger partial charge in [0.25, 0.3) is 11.8 Å². The summed E-state index contributed by atoms with van der Waals surface area (Å²) < 4.78 is 6.20. The first-order chi connectivity index (χ1) is 19.4. The number of carbonyl (C=O) groups excluding carboxylic acids is 3. The number of allylic oxidation sites excluding steroid dienone is 2. The van der Waals surface area contributed by atoms with Crippen molar-refractivity contribution >= 4 is 52.1 Å². The molecule has 1 aliphatic rings. The van der Waals surface area contributed by atoms with E-state index in [0.717, 1.165) is 16.7 Å². The summed E-state index contributed by atoms with van der Waals surface area (Å²) in [7, 11) is 0. The standard InChI is InChI=1S/C31H29N3O4S2/c1-22(19-23-9-4-2-5-10-23)20-27-30(37)34(31(39)40-27)18-8-13-28(35)32-33-29(36)25-14-16-26(17-15-25)38-21-24-11-6-3-7-12-24/h2-7,9-12,14-17,19-20H,8,13,18,21H2,1H3,(H,32,35)(H,33,36)/b22-19+,27-20-. The van der Waals surface area contributed by atoms with E-state index >= 15 is 0 Å². The molecule has 3 aromatic rings. The van der Waals surface area contributed by atoms with Crippen LogP contribution in [0.4, 0.5) is 0 Å². The average Bonchev–Trinajstić information content (AvgIpc) is 3.23. The summed E-state index contributed by atoms with van der Waals surface area (Å²) in [6, 6.07) is 26.3. The number of rotatable bonds is 10. The second-order valence-corrected chi connectivity index (χ2v) is 10.7. The maximum atomic E-state index is 12.8. The molecule has 0 radical (unpaired) electrons. The highest BCUT2D eigenvalue weighted by Gasteiger charge is 2.31. The molecule has 2 N–H and O–H groups in total. The van der Waals surface area contributed by atoms with Crippen LogP contribution in [0.25, 0.3) is 6.08 Å². The van der Waals surface area contributed by atoms with Crippen molar-refractivity contribution in [2.75, 3.05) is 6.54 Å². The topological polar surface area (TPSA) is 87.7 Å². The van der Waals surface area contributed by atoms with Crippen LogP contribution in [0.15, 0.2) is 101 Å². The third-order valence-electron chi connectivity index (χ3n) is 5.89. The highest BCUT2D eigenvalue weighted by molar-refractivity contribution is 8.26. The van der Waals surface area contributed by atoms with Crippen LogP contribution in [0, 0.1) is 0 Å². The number of nitrogens with one attached hydrogen (secondary N) is 2. The monoisotopic (exact) mass is 571 g/mol. The molecule has 4 rings (SSSR count). The van der Waals surface area contributed by atoms with Crippen LogP contribution in [-0.2, 0) is 16.2 Å². The zero-order valence-electron chi connectivity index (χ0n) is 22.0. The van der Waals surface area contributed by atoms with Crippen LogP contribution in [0.2, 0.25) is 0 Å². The molecule has 1 aliphatic heterocycles. The van der Waals surface area contributed by atoms with Crippen molar-refractivity contribution in [2.45, 2.75) is 26.4 Å². The smallest absolute Gasteiger partial charge is 0.269 e. The average molecular weight is 572 g/mol. The van der Waals surface area contributed by atoms with Crippen molar-refractivity contribution in [2.24, 2.45) is 0 Å². The predicted molar refractivity (Wildman–Crippen MR) is 162 cm³/mol. The van der Waals surface area contributed by atoms with E-state index in [2.05, 4.69) is 10.9 Å². The van der Waals surface area contributed by atoms with E-state index in [0.29, 0.717) is 40.1 Å². The van der Waals surface area contributed by atoms with Gasteiger partial charge >= 0.3 is 0 Å². The van der Waals surface area contributed by atoms with Crippen LogP contribution in [-0.4, -0.2) is 33.5 Å². The Morgan fingerprint density at radius 1 is 0.950 bits per heavy atom. The van der Waals surface area contributed by atoms with E-state index in [9.17, 15) is 14.4 Å². The molecule has 9 heteroatoms. The normalized spacial score (nSPS) is 14.4. The van der Waals surface area contributed by atoms with E-state index in [-0.39, 0.29) is 18.2 Å². The Balaban J connectivity index is 1.18. The molecule has 3 aromatic carbocycles. The van der Waals surface area contributed by atoms with E-state index in [1.165, 1.54) is 16.7 Å². The molecule has 0 unspecified atom stereocenters. The molecule has 0 atom stereocenters. The number of nitrogens with zero attached hydrogens (tertiary/aromatic N) is 1. The van der Waals surface area contributed by atoms with E-state index in [1.807, 2.05) is 79.7 Å². The van der Waals surface area contributed by atoms with Crippen molar-refractivity contribution in [3.63, 3.8) is 0 Å². The summed E-state index contributed by atoms with van der Waals surface area (Å²) in [5, 5.41) is 0. The predicted octanol–water partition coefficient (Wildman–Crippen LogP) is 5.65. The molecule has 204 valence electrons. The maximum Gasteiger partial charge on any atom is 0.269 e. The second kappa shape index (κ2) is 14.3. The number of ether oxygens (including phenoxy) is 1. The van der Waals surface area contributed by atoms with Crippen LogP contribution in [0.1, 0.15) is 41.3 Å². The van der Waals surface area contributed by atoms with Gasteiger partial charge in [0.2, 0.25) is 5.91 Å². The first kappa shape index (κ1) is 28.8. The van der Waals surface area contributed by atoms with Gasteiger partial charge in [-0.25, -0.2) is 0 Å². The van der Waals surface area contributed by atoms with Gasteiger partial charge < -0.3 is 4.74 Å². The van der Waals surface area contributed by atoms with Gasteiger partial charge in [0.15, 0.2) is 0 Å². The molecular weight excluding hydrogens is 542 g/mol. The SMILES string of the molecule is CC(/C=C1\SC(=S)N(CCCC(=O)NNC(=O)c2ccc(OCc3ccccc3)cc2)C1=O)=C\c1ccccc1. The first-order valence-electron chi connectivity index (χ1n) is 12.7. The Morgan fingerprint density at radius 2 is 1.62 bits per heavy atom. The molecule has 1 fully saturated rings. The molecule has 1 saturated heterocycles. The zero-order valence-corrected chi connectivity index (χ0v) is 23.6. The summed E-state index contributed by atoms with van der Waals surface area (Å²) in [5.74, 6) is -0.333. The van der Waals surface area contributed by atoms with Crippen molar-refractivity contribution in [3.05, 3.63) is 118 Å². The van der Waals surface area contributed by atoms with Gasteiger partial charge in [0.1, 0.15) is 16.7 Å². The molecule has 0 saturated carbocycles. The van der Waals surface area contributed by atoms with Crippen LogP contribution >= 0.6 is 24.0 Å². The zero-order chi connectivity index (χ0) is 28.3. The number of benzene rings is 3. The molecule has 40 heavy (non-hydrogen) atoms. The van der Waals surface area contributed by atoms with Crippen molar-refractivity contribution in [1.29, 1.82) is 0 Å². The fourth-order valence-electron chi connectivity index (χ4n) is 3.86. The van der Waals surface area contributed by atoms with Crippen molar-refractivity contribution in [1.82, 2.24) is 15.8 Å². The lowest BCUT2D eigenvalue weighted by Gasteiger charge is -2.14. The number of thioether (sulfide) groups is 1. The van der Waals surface area contributed by atoms with Gasteiger partial charge in [-0.2, -0.15) is 0 Å². The minimum atomic E-state index is -0.441. The lowest BCUT2D eigenvalue weighted by Crippen LogP contribution is -2.41. The third-order valence-corrected chi connectivity index (χ3v) is 7.27. The number of hydrogen-bond acceptors (Lipinski definition) is 6. The molecule has 0 bridgehead atoms. The summed E-state index contributed by atoms with van der Waals surface area (Å²) in [6.45, 7) is 2.68. The Labute approximate surface area is 243 Å². The summed E-state index contributed by atoms with van der Waals surface area (Å²) >= 11 is 6.64. The fourth-order valence-corrected chi connectivity index (χ4v) is 5.21. The largest absolute Gasteiger partial charge is 0.489 e. The Kier molecular flexibility index (Phi) is 10.3. The molecule has 3 amide bonds. The van der Waals surface area contributed by atoms with Gasteiger partial charge in [0.05, 0.1) is 4.91 Å². The summed E-state index contributed by atoms with van der Waals surface area (Å²) in [5.41, 5.74) is 8.25. The molecular formula is C31H29N3O4S2. The van der Waals surface area contributed by atoms with Crippen LogP contribution < -0.4 is 15.6 Å². The van der Waals surface area contributed by atoms with Gasteiger partial charge in [-0.3, -0.25) is 30.1 Å². The maximum absolute atomic E-state index is 12.8. The number of thiocarbonyl (C=S) groups is 1. The highest BCUT2D eigenvalue weighted by atomic mass is 32.2. The molecule has 7 nitrogen and oxygen atoms in total. The third kappa shape index (κ3) is 8.39. The minimum absolute atomic E-state index is 0.121. The Morgan fingerprint density at radius 3 is 2.33 bits per heavy atom. The van der Waals surface area contributed by atoms with Crippen LogP contribution in [0.3, 0.4) is 0 Å². The fraction of sp³-hybridized carbons (Fsp3) is 0.161. The molecule has 0 spiro atoms. The number of hydrazine groups is 1. The van der Waals surface area contributed by atoms with Crippen molar-refractivity contribution < 1.29 is 19.1 Å². The quantitative estimate of drug-likeness (QED) is 0.186. The lowest BCUT2D eigenvalue weighted by atomic mass is 10.1. The van der Waals surface area contributed by atoms with Gasteiger partial charge in [-0.1, -0.05) is 90.7 Å². The van der Waals surface area contributed by atoms with Crippen LogP contribution in [0.5, 0.6) is 5.75 Å². The van der Waals surface area contributed by atoms with E-state index < -0.39 is 5.91 Å². The first-order valence-corrected chi connectivity index (χ1v) is 14.0. The second-order valence-electron chi connectivity index (χ2n) is 9.04. The molecule has 1 heterocycles. The summed E-state index contributed by atoms with van der Waals surface area (Å²) in [6.07, 6.45) is 4.35. The lowest BCUT2D eigenvalue weighted by molar-refractivity contribution is -0.124.